The molecule has 0 aliphatic carbocycles. The summed E-state index contributed by atoms with van der Waals surface area (Å²) in [4.78, 5) is 45.7. The van der Waals surface area contributed by atoms with E-state index in [4.69, 9.17) is 6.57 Å². The molecule has 0 saturated carbocycles. The van der Waals surface area contributed by atoms with Crippen molar-refractivity contribution >= 4 is 17.3 Å². The Hall–Kier alpha value is -3.46. The number of aromatic hydroxyl groups is 2. The molecule has 0 aromatic carbocycles. The van der Waals surface area contributed by atoms with Gasteiger partial charge in [-0.05, 0) is 0 Å². The Labute approximate surface area is 134 Å². The van der Waals surface area contributed by atoms with E-state index in [9.17, 15) is 24.6 Å². The van der Waals surface area contributed by atoms with Gasteiger partial charge in [0.2, 0.25) is 23.1 Å². The number of azo groups is 1. The maximum atomic E-state index is 11.6. The molecule has 13 nitrogen and oxygen atoms in total. The summed E-state index contributed by atoms with van der Waals surface area (Å²) in [5, 5.41) is 25.5. The molecule has 23 heavy (non-hydrogen) atoms. The fourth-order valence-electron chi connectivity index (χ4n) is 1.31. The molecule has 2 heterocycles. The van der Waals surface area contributed by atoms with E-state index in [2.05, 4.69) is 25.2 Å². The number of nitrogens with one attached hydrogen (secondary N) is 4. The number of aromatic nitrogens is 4. The van der Waals surface area contributed by atoms with Gasteiger partial charge in [-0.1, -0.05) is 5.43 Å². The summed E-state index contributed by atoms with van der Waals surface area (Å²) >= 11 is 0. The summed E-state index contributed by atoms with van der Waals surface area (Å²) in [6.45, 7) is 6.53. The zero-order valence-corrected chi connectivity index (χ0v) is 11.7. The van der Waals surface area contributed by atoms with Crippen LogP contribution in [0, 0.1) is 6.57 Å². The van der Waals surface area contributed by atoms with Crippen LogP contribution in [0.5, 0.6) is 11.8 Å². The summed E-state index contributed by atoms with van der Waals surface area (Å²) in [6.07, 6.45) is 0. The summed E-state index contributed by atoms with van der Waals surface area (Å²) in [7, 11) is 0. The topological polar surface area (TPSA) is 193 Å². The van der Waals surface area contributed by atoms with Crippen molar-refractivity contribution in [3.63, 3.8) is 0 Å². The molecule has 6 N–H and O–H groups in total. The molecule has 0 amide bonds. The Morgan fingerprint density at radius 2 is 1.65 bits per heavy atom. The van der Waals surface area contributed by atoms with Gasteiger partial charge < -0.3 is 10.2 Å². The van der Waals surface area contributed by atoms with Gasteiger partial charge in [-0.2, -0.15) is 16.5 Å². The number of H-pyrrole nitrogens is 3. The zero-order valence-electron chi connectivity index (χ0n) is 10.7. The van der Waals surface area contributed by atoms with Crippen LogP contribution in [0.25, 0.3) is 4.95 Å². The number of anilines is 1. The van der Waals surface area contributed by atoms with Crippen LogP contribution in [0.4, 0.5) is 17.3 Å². The summed E-state index contributed by atoms with van der Waals surface area (Å²) in [5.41, 5.74) is -2.34. The first-order chi connectivity index (χ1) is 10.4. The molecule has 2 rings (SSSR count). The molecule has 0 radical (unpaired) electrons. The number of aromatic amines is 3. The van der Waals surface area contributed by atoms with Crippen molar-refractivity contribution in [1.82, 2.24) is 19.9 Å². The van der Waals surface area contributed by atoms with Crippen LogP contribution in [0.15, 0.2) is 24.6 Å². The standard InChI is InChI=1S/C9H6N8O5.Ni/c1-10-17-8-11-4(18)2(5(19)12-8)15-16-3-6(20)13-9(22)14-7(3)21;/h(H3,11,12,17,18,19)(H3,13,14,20,21,22);. The van der Waals surface area contributed by atoms with E-state index >= 15 is 0 Å². The summed E-state index contributed by atoms with van der Waals surface area (Å²) < 4.78 is 0. The summed E-state index contributed by atoms with van der Waals surface area (Å²) in [5.74, 6) is -2.05. The first-order valence-electron chi connectivity index (χ1n) is 5.35. The number of hydrogen-bond acceptors (Lipinski definition) is 9. The van der Waals surface area contributed by atoms with Crippen LogP contribution < -0.4 is 22.2 Å². The average molecular weight is 365 g/mol. The maximum absolute atomic E-state index is 11.6. The second kappa shape index (κ2) is 7.01. The SMILES string of the molecule is [C-]#[N+]Nc1nc(O)c(N=Nc2c(O)[nH]c(=O)[nH]c2=O)c(=O)[nH]1.[Ni]. The zero-order chi connectivity index (χ0) is 16.3. The number of nitrogens with zero attached hydrogens (tertiary/aromatic N) is 4. The third kappa shape index (κ3) is 3.80. The molecule has 0 fully saturated rings. The van der Waals surface area contributed by atoms with E-state index in [1.807, 2.05) is 10.4 Å². The average Bonchev–Trinajstić information content (AvgIpc) is 2.40. The van der Waals surface area contributed by atoms with Crippen molar-refractivity contribution in [2.75, 3.05) is 5.43 Å². The molecule has 0 atom stereocenters. The van der Waals surface area contributed by atoms with Crippen LogP contribution in [0.3, 0.4) is 0 Å². The first-order valence-corrected chi connectivity index (χ1v) is 5.35. The van der Waals surface area contributed by atoms with Gasteiger partial charge in [0.1, 0.15) is 0 Å². The Morgan fingerprint density at radius 3 is 2.22 bits per heavy atom. The second-order valence-corrected chi connectivity index (χ2v) is 3.62. The van der Waals surface area contributed by atoms with Crippen LogP contribution >= 0.6 is 0 Å². The van der Waals surface area contributed by atoms with Crippen molar-refractivity contribution in [3.05, 3.63) is 42.7 Å². The Morgan fingerprint density at radius 1 is 1.04 bits per heavy atom. The molecule has 2 aromatic rings. The molecule has 0 spiro atoms. The Balaban J connectivity index is 0.00000264. The van der Waals surface area contributed by atoms with E-state index in [0.717, 1.165) is 0 Å². The fraction of sp³-hybridized carbons (Fsp3) is 0. The third-order valence-electron chi connectivity index (χ3n) is 2.19. The van der Waals surface area contributed by atoms with Gasteiger partial charge in [-0.3, -0.25) is 24.5 Å². The third-order valence-corrected chi connectivity index (χ3v) is 2.19. The first kappa shape index (κ1) is 17.6. The molecule has 0 aliphatic rings. The monoisotopic (exact) mass is 364 g/mol. The second-order valence-electron chi connectivity index (χ2n) is 3.62. The van der Waals surface area contributed by atoms with Gasteiger partial charge in [0.05, 0.1) is 0 Å². The predicted molar refractivity (Wildman–Crippen MR) is 70.3 cm³/mol. The minimum absolute atomic E-state index is 0. The van der Waals surface area contributed by atoms with E-state index in [1.165, 1.54) is 0 Å². The van der Waals surface area contributed by atoms with Gasteiger partial charge in [-0.15, -0.1) is 10.2 Å². The largest absolute Gasteiger partial charge is 0.493 e. The van der Waals surface area contributed by atoms with Crippen LogP contribution in [0.1, 0.15) is 0 Å². The minimum Gasteiger partial charge on any atom is -0.493 e. The molecule has 0 bridgehead atoms. The van der Waals surface area contributed by atoms with E-state index in [1.54, 1.807) is 4.98 Å². The van der Waals surface area contributed by atoms with Crippen molar-refractivity contribution in [1.29, 1.82) is 0 Å². The molecular formula is C9H6N8NiO5. The quantitative estimate of drug-likeness (QED) is 0.178. The number of rotatable bonds is 3. The van der Waals surface area contributed by atoms with Crippen molar-refractivity contribution in [3.8, 4) is 11.8 Å². The van der Waals surface area contributed by atoms with Crippen LogP contribution in [-0.4, -0.2) is 30.1 Å². The van der Waals surface area contributed by atoms with Gasteiger partial charge in [0.25, 0.3) is 17.1 Å². The molecule has 2 aromatic heterocycles. The normalized spacial score (nSPS) is 10.0. The van der Waals surface area contributed by atoms with E-state index < -0.39 is 39.9 Å². The molecule has 0 saturated heterocycles. The van der Waals surface area contributed by atoms with Gasteiger partial charge in [0, 0.05) is 16.5 Å². The molecular weight excluding hydrogens is 359 g/mol. The van der Waals surface area contributed by atoms with Crippen molar-refractivity contribution in [2.45, 2.75) is 0 Å². The van der Waals surface area contributed by atoms with E-state index in [0.29, 0.717) is 0 Å². The Bertz CT molecular complexity index is 968. The fourth-order valence-corrected chi connectivity index (χ4v) is 1.31. The number of hydrogen-bond donors (Lipinski definition) is 6. The predicted octanol–water partition coefficient (Wildman–Crippen LogP) is -0.783. The van der Waals surface area contributed by atoms with Crippen molar-refractivity contribution in [2.24, 2.45) is 10.2 Å². The van der Waals surface area contributed by atoms with Crippen LogP contribution in [0.2, 0.25) is 0 Å². The van der Waals surface area contributed by atoms with Gasteiger partial charge >= 0.3 is 5.69 Å². The Kier molecular flexibility index (Phi) is 5.36. The smallest absolute Gasteiger partial charge is 0.328 e. The molecule has 0 unspecified atom stereocenters. The molecule has 122 valence electrons. The van der Waals surface area contributed by atoms with Crippen molar-refractivity contribution < 1.29 is 26.7 Å². The molecule has 14 heteroatoms. The molecule has 0 aliphatic heterocycles. The minimum atomic E-state index is -1.06. The van der Waals surface area contributed by atoms with Gasteiger partial charge in [-0.25, -0.2) is 4.79 Å². The van der Waals surface area contributed by atoms with E-state index in [-0.39, 0.29) is 22.4 Å². The van der Waals surface area contributed by atoms with Crippen LogP contribution in [-0.2, 0) is 16.5 Å². The summed E-state index contributed by atoms with van der Waals surface area (Å²) in [6, 6.07) is 0. The van der Waals surface area contributed by atoms with Gasteiger partial charge in [0.15, 0.2) is 0 Å². The maximum Gasteiger partial charge on any atom is 0.328 e.